The monoisotopic (exact) mass is 289 g/mol. The van der Waals surface area contributed by atoms with E-state index in [0.717, 1.165) is 31.0 Å². The predicted molar refractivity (Wildman–Crippen MR) is 82.8 cm³/mol. The van der Waals surface area contributed by atoms with Gasteiger partial charge in [-0.05, 0) is 43.7 Å². The van der Waals surface area contributed by atoms with E-state index in [1.807, 2.05) is 29.1 Å². The Morgan fingerprint density at radius 2 is 2.05 bits per heavy atom. The zero-order valence-electron chi connectivity index (χ0n) is 12.9. The Balaban J connectivity index is 1.83. The largest absolute Gasteiger partial charge is 0.493 e. The quantitative estimate of drug-likeness (QED) is 0.759. The molecule has 1 heterocycles. The van der Waals surface area contributed by atoms with Crippen LogP contribution in [-0.4, -0.2) is 30.5 Å². The maximum atomic E-state index is 5.34. The van der Waals surface area contributed by atoms with Gasteiger partial charge in [0, 0.05) is 25.0 Å². The molecule has 2 aromatic rings. The highest BCUT2D eigenvalue weighted by Crippen LogP contribution is 2.29. The molecule has 0 aliphatic heterocycles. The summed E-state index contributed by atoms with van der Waals surface area (Å²) in [5.41, 5.74) is 1.19. The van der Waals surface area contributed by atoms with E-state index in [0.29, 0.717) is 0 Å². The van der Waals surface area contributed by atoms with Crippen LogP contribution < -0.4 is 14.8 Å². The number of aryl methyl sites for hydroxylation is 1. The van der Waals surface area contributed by atoms with Crippen molar-refractivity contribution in [3.05, 3.63) is 42.2 Å². The van der Waals surface area contributed by atoms with Crippen LogP contribution in [0.3, 0.4) is 0 Å². The van der Waals surface area contributed by atoms with E-state index in [1.54, 1.807) is 20.4 Å². The Morgan fingerprint density at radius 3 is 2.71 bits per heavy atom. The fraction of sp³-hybridized carbons (Fsp3) is 0.438. The van der Waals surface area contributed by atoms with Gasteiger partial charge in [0.25, 0.3) is 0 Å². The van der Waals surface area contributed by atoms with Gasteiger partial charge in [0.2, 0.25) is 0 Å². The highest BCUT2D eigenvalue weighted by atomic mass is 16.5. The van der Waals surface area contributed by atoms with Gasteiger partial charge in [-0.2, -0.15) is 5.10 Å². The molecule has 5 heteroatoms. The van der Waals surface area contributed by atoms with Gasteiger partial charge in [0.15, 0.2) is 11.5 Å². The molecule has 1 aromatic carbocycles. The van der Waals surface area contributed by atoms with Crippen molar-refractivity contribution < 1.29 is 9.47 Å². The number of ether oxygens (including phenoxy) is 2. The van der Waals surface area contributed by atoms with Crippen molar-refractivity contribution >= 4 is 0 Å². The number of benzene rings is 1. The van der Waals surface area contributed by atoms with Crippen molar-refractivity contribution in [1.29, 1.82) is 0 Å². The van der Waals surface area contributed by atoms with Crippen LogP contribution in [0.1, 0.15) is 24.9 Å². The van der Waals surface area contributed by atoms with Crippen LogP contribution in [0.25, 0.3) is 0 Å². The summed E-state index contributed by atoms with van der Waals surface area (Å²) < 4.78 is 12.5. The van der Waals surface area contributed by atoms with Gasteiger partial charge in [0.1, 0.15) is 0 Å². The smallest absolute Gasteiger partial charge is 0.161 e. The van der Waals surface area contributed by atoms with E-state index in [-0.39, 0.29) is 6.04 Å². The predicted octanol–water partition coefficient (Wildman–Crippen LogP) is 2.64. The Hall–Kier alpha value is -2.01. The van der Waals surface area contributed by atoms with Gasteiger partial charge in [-0.1, -0.05) is 6.07 Å². The van der Waals surface area contributed by atoms with E-state index in [2.05, 4.69) is 23.4 Å². The van der Waals surface area contributed by atoms with Crippen molar-refractivity contribution in [1.82, 2.24) is 15.1 Å². The average Bonchev–Trinajstić information content (AvgIpc) is 3.04. The first kappa shape index (κ1) is 15.4. The Bertz CT molecular complexity index is 540. The fourth-order valence-corrected chi connectivity index (χ4v) is 2.23. The molecule has 0 spiro atoms. The first-order chi connectivity index (χ1) is 10.2. The molecule has 0 amide bonds. The average molecular weight is 289 g/mol. The third-order valence-electron chi connectivity index (χ3n) is 3.48. The summed E-state index contributed by atoms with van der Waals surface area (Å²) in [6, 6.07) is 8.23. The van der Waals surface area contributed by atoms with Crippen LogP contribution in [-0.2, 0) is 6.54 Å². The summed E-state index contributed by atoms with van der Waals surface area (Å²) in [6.07, 6.45) is 4.83. The van der Waals surface area contributed by atoms with Gasteiger partial charge in [0.05, 0.1) is 14.2 Å². The van der Waals surface area contributed by atoms with E-state index in [4.69, 9.17) is 9.47 Å². The summed E-state index contributed by atoms with van der Waals surface area (Å²) in [4.78, 5) is 0. The Morgan fingerprint density at radius 1 is 1.24 bits per heavy atom. The second-order valence-electron chi connectivity index (χ2n) is 4.91. The maximum absolute atomic E-state index is 5.34. The summed E-state index contributed by atoms with van der Waals surface area (Å²) in [5.74, 6) is 1.52. The summed E-state index contributed by atoms with van der Waals surface area (Å²) in [7, 11) is 3.30. The number of aromatic nitrogens is 2. The van der Waals surface area contributed by atoms with Crippen molar-refractivity contribution in [2.45, 2.75) is 25.9 Å². The van der Waals surface area contributed by atoms with E-state index < -0.39 is 0 Å². The number of hydrogen-bond donors (Lipinski definition) is 1. The molecule has 1 atom stereocenters. The van der Waals surface area contributed by atoms with Gasteiger partial charge < -0.3 is 14.8 Å². The number of methoxy groups -OCH3 is 2. The summed E-state index contributed by atoms with van der Waals surface area (Å²) in [5, 5.41) is 7.70. The molecule has 0 aliphatic rings. The molecule has 114 valence electrons. The lowest BCUT2D eigenvalue weighted by molar-refractivity contribution is 0.354. The minimum absolute atomic E-state index is 0.266. The molecule has 1 aromatic heterocycles. The first-order valence-electron chi connectivity index (χ1n) is 7.17. The summed E-state index contributed by atoms with van der Waals surface area (Å²) >= 11 is 0. The highest BCUT2D eigenvalue weighted by molar-refractivity contribution is 5.43. The zero-order chi connectivity index (χ0) is 15.1. The van der Waals surface area contributed by atoms with Gasteiger partial charge in [-0.15, -0.1) is 0 Å². The normalized spacial score (nSPS) is 12.1. The molecule has 5 nitrogen and oxygen atoms in total. The molecular formula is C16H23N3O2. The zero-order valence-corrected chi connectivity index (χ0v) is 12.9. The number of nitrogens with zero attached hydrogens (tertiary/aromatic N) is 2. The SMILES string of the molecule is COc1ccc(C(C)NCCCn2cccn2)cc1OC. The molecule has 0 radical (unpaired) electrons. The van der Waals surface area contributed by atoms with Gasteiger partial charge in [-0.25, -0.2) is 0 Å². The van der Waals surface area contributed by atoms with Gasteiger partial charge in [-0.3, -0.25) is 4.68 Å². The Labute approximate surface area is 125 Å². The third-order valence-corrected chi connectivity index (χ3v) is 3.48. The number of rotatable bonds is 8. The lowest BCUT2D eigenvalue weighted by atomic mass is 10.1. The Kier molecular flexibility index (Phi) is 5.63. The molecule has 0 bridgehead atoms. The van der Waals surface area contributed by atoms with E-state index >= 15 is 0 Å². The highest BCUT2D eigenvalue weighted by Gasteiger charge is 2.09. The second kappa shape index (κ2) is 7.69. The lowest BCUT2D eigenvalue weighted by Gasteiger charge is -2.16. The standard InChI is InChI=1S/C16H23N3O2/c1-13(17-8-4-10-19-11-5-9-18-19)14-6-7-15(20-2)16(12-14)21-3/h5-7,9,11-13,17H,4,8,10H2,1-3H3. The van der Waals surface area contributed by atoms with E-state index in [9.17, 15) is 0 Å². The molecular weight excluding hydrogens is 266 g/mol. The van der Waals surface area contributed by atoms with Crippen molar-refractivity contribution in [2.24, 2.45) is 0 Å². The molecule has 21 heavy (non-hydrogen) atoms. The number of nitrogens with one attached hydrogen (secondary N) is 1. The minimum atomic E-state index is 0.266. The molecule has 0 aliphatic carbocycles. The first-order valence-corrected chi connectivity index (χ1v) is 7.17. The molecule has 2 rings (SSSR count). The molecule has 0 saturated heterocycles. The van der Waals surface area contributed by atoms with Crippen LogP contribution in [0.5, 0.6) is 11.5 Å². The van der Waals surface area contributed by atoms with Crippen molar-refractivity contribution in [3.63, 3.8) is 0 Å². The van der Waals surface area contributed by atoms with Crippen LogP contribution >= 0.6 is 0 Å². The fourth-order valence-electron chi connectivity index (χ4n) is 2.23. The van der Waals surface area contributed by atoms with Gasteiger partial charge >= 0.3 is 0 Å². The molecule has 0 saturated carbocycles. The van der Waals surface area contributed by atoms with Crippen molar-refractivity contribution in [3.8, 4) is 11.5 Å². The maximum Gasteiger partial charge on any atom is 0.161 e. The summed E-state index contributed by atoms with van der Waals surface area (Å²) in [6.45, 7) is 4.02. The second-order valence-corrected chi connectivity index (χ2v) is 4.91. The van der Waals surface area contributed by atoms with Crippen LogP contribution in [0.2, 0.25) is 0 Å². The van der Waals surface area contributed by atoms with E-state index in [1.165, 1.54) is 5.56 Å². The van der Waals surface area contributed by atoms with Crippen LogP contribution in [0.4, 0.5) is 0 Å². The molecule has 0 fully saturated rings. The topological polar surface area (TPSA) is 48.3 Å². The number of hydrogen-bond acceptors (Lipinski definition) is 4. The van der Waals surface area contributed by atoms with Crippen LogP contribution in [0, 0.1) is 0 Å². The van der Waals surface area contributed by atoms with Crippen molar-refractivity contribution in [2.75, 3.05) is 20.8 Å². The molecule has 1 N–H and O–H groups in total. The minimum Gasteiger partial charge on any atom is -0.493 e. The third kappa shape index (κ3) is 4.23. The van der Waals surface area contributed by atoms with Crippen LogP contribution in [0.15, 0.2) is 36.7 Å². The lowest BCUT2D eigenvalue weighted by Crippen LogP contribution is -2.21. The molecule has 1 unspecified atom stereocenters.